The topological polar surface area (TPSA) is 169 Å². The van der Waals surface area contributed by atoms with E-state index in [9.17, 15) is 19.2 Å². The monoisotopic (exact) mass is 651 g/mol. The summed E-state index contributed by atoms with van der Waals surface area (Å²) < 4.78 is 13.0. The predicted molar refractivity (Wildman–Crippen MR) is 173 cm³/mol. The lowest BCUT2D eigenvalue weighted by molar-refractivity contribution is -0.152. The van der Waals surface area contributed by atoms with Crippen LogP contribution in [0.15, 0.2) is 54.1 Å². The van der Waals surface area contributed by atoms with Gasteiger partial charge in [-0.25, -0.2) is 25.2 Å². The summed E-state index contributed by atoms with van der Waals surface area (Å²) in [4.78, 5) is 68.3. The van der Waals surface area contributed by atoms with Crippen LogP contribution in [0, 0.1) is 0 Å². The minimum absolute atomic E-state index is 0.0780. The van der Waals surface area contributed by atoms with Crippen LogP contribution in [0.4, 0.5) is 10.7 Å². The number of pyridine rings is 2. The van der Waals surface area contributed by atoms with Gasteiger partial charge in [0, 0.05) is 49.5 Å². The van der Waals surface area contributed by atoms with Crippen molar-refractivity contribution in [2.24, 2.45) is 0 Å². The highest BCUT2D eigenvalue weighted by molar-refractivity contribution is 5.93. The van der Waals surface area contributed by atoms with Crippen molar-refractivity contribution in [1.82, 2.24) is 29.9 Å². The fraction of sp³-hybridized carbons (Fsp3) is 0.324. The number of carbonyl (C=O) groups excluding carboxylic acids is 3. The van der Waals surface area contributed by atoms with E-state index in [0.29, 0.717) is 85.3 Å². The first-order chi connectivity index (χ1) is 23.2. The number of hydrogen-bond acceptors (Lipinski definition) is 11. The molecule has 3 aliphatic rings. The first-order valence-electron chi connectivity index (χ1n) is 15.7. The van der Waals surface area contributed by atoms with Gasteiger partial charge in [0.25, 0.3) is 11.5 Å². The van der Waals surface area contributed by atoms with E-state index in [0.717, 1.165) is 16.5 Å². The Morgan fingerprint density at radius 1 is 1.10 bits per heavy atom. The standard InChI is InChI=1S/C34H33N7O7/c1-4-21-22-13-20(48-33(45)40-11-9-39(10-12-40)32-35-15-19(16-36-32)29(42)38-46)7-8-26(22)37-28-23(21)17-41-27(28)14-25-24(30(41)43)18-47-31(44)34(25,5-2)6-3/h5,7-8,13-16,46H,2,4,6,9-12,17-18H2,1,3H3,(H,38,42)/t34-/m1/s1. The number of cyclic esters (lactones) is 1. The van der Waals surface area contributed by atoms with Crippen LogP contribution < -0.4 is 20.7 Å². The maximum absolute atomic E-state index is 13.8. The molecule has 1 atom stereocenters. The molecule has 1 saturated heterocycles. The molecular weight excluding hydrogens is 618 g/mol. The zero-order chi connectivity index (χ0) is 33.7. The lowest BCUT2D eigenvalue weighted by atomic mass is 9.75. The molecule has 1 fully saturated rings. The molecule has 246 valence electrons. The molecule has 0 bridgehead atoms. The number of carbonyl (C=O) groups is 3. The Hall–Kier alpha value is -5.63. The van der Waals surface area contributed by atoms with Crippen LogP contribution in [0.5, 0.6) is 5.75 Å². The van der Waals surface area contributed by atoms with E-state index in [1.54, 1.807) is 27.1 Å². The number of aromatic nitrogens is 4. The van der Waals surface area contributed by atoms with Crippen molar-refractivity contribution in [3.63, 3.8) is 0 Å². The highest BCUT2D eigenvalue weighted by Gasteiger charge is 2.44. The van der Waals surface area contributed by atoms with Gasteiger partial charge in [-0.1, -0.05) is 19.9 Å². The van der Waals surface area contributed by atoms with Crippen molar-refractivity contribution in [2.45, 2.75) is 45.3 Å². The molecule has 14 nitrogen and oxygen atoms in total. The van der Waals surface area contributed by atoms with Crippen molar-refractivity contribution in [3.05, 3.63) is 87.5 Å². The van der Waals surface area contributed by atoms with E-state index in [-0.39, 0.29) is 17.7 Å². The zero-order valence-corrected chi connectivity index (χ0v) is 26.5. The summed E-state index contributed by atoms with van der Waals surface area (Å²) in [6.07, 6.45) is 4.80. The summed E-state index contributed by atoms with van der Waals surface area (Å²) in [5.41, 5.74) is 5.44. The number of nitrogens with zero attached hydrogens (tertiary/aromatic N) is 6. The molecule has 0 unspecified atom stereocenters. The van der Waals surface area contributed by atoms with Crippen LogP contribution in [-0.4, -0.2) is 73.8 Å². The fourth-order valence-electron chi connectivity index (χ4n) is 6.90. The van der Waals surface area contributed by atoms with Gasteiger partial charge in [-0.2, -0.15) is 0 Å². The van der Waals surface area contributed by atoms with Gasteiger partial charge in [0.15, 0.2) is 0 Å². The van der Waals surface area contributed by atoms with Gasteiger partial charge in [0.1, 0.15) is 17.8 Å². The number of anilines is 1. The minimum atomic E-state index is -1.10. The summed E-state index contributed by atoms with van der Waals surface area (Å²) in [6, 6.07) is 7.23. The molecule has 7 rings (SSSR count). The van der Waals surface area contributed by atoms with Crippen LogP contribution in [0.2, 0.25) is 0 Å². The lowest BCUT2D eigenvalue weighted by Crippen LogP contribution is -2.50. The summed E-state index contributed by atoms with van der Waals surface area (Å²) in [5.74, 6) is -0.315. The molecular formula is C34H33N7O7. The number of amides is 2. The van der Waals surface area contributed by atoms with E-state index < -0.39 is 23.4 Å². The molecule has 4 aromatic rings. The minimum Gasteiger partial charge on any atom is -0.460 e. The third kappa shape index (κ3) is 4.78. The quantitative estimate of drug-likeness (QED) is 0.120. The van der Waals surface area contributed by atoms with Gasteiger partial charge in [-0.3, -0.25) is 19.6 Å². The normalized spacial score (nSPS) is 18.1. The number of hydrogen-bond donors (Lipinski definition) is 2. The van der Waals surface area contributed by atoms with Crippen LogP contribution in [0.1, 0.15) is 52.9 Å². The Kier molecular flexibility index (Phi) is 7.66. The summed E-state index contributed by atoms with van der Waals surface area (Å²) in [7, 11) is 0. The van der Waals surface area contributed by atoms with Gasteiger partial charge in [-0.15, -0.1) is 6.58 Å². The number of rotatable bonds is 6. The molecule has 6 heterocycles. The van der Waals surface area contributed by atoms with Gasteiger partial charge < -0.3 is 23.8 Å². The van der Waals surface area contributed by atoms with E-state index in [1.165, 1.54) is 12.4 Å². The first kappa shape index (κ1) is 31.0. The SMILES string of the molecule is C=C[C@]1(CC)C(=O)OCc2c1cc1n(c2=O)Cc2c-1nc1ccc(OC(=O)N3CCN(c4ncc(C(=O)NO)cn4)CC3)cc1c2CC. The maximum atomic E-state index is 13.8. The second kappa shape index (κ2) is 11.9. The van der Waals surface area contributed by atoms with Gasteiger partial charge in [0.05, 0.1) is 34.6 Å². The number of piperazine rings is 1. The number of benzene rings is 1. The summed E-state index contributed by atoms with van der Waals surface area (Å²) in [5, 5.41) is 9.61. The zero-order valence-electron chi connectivity index (χ0n) is 26.5. The molecule has 48 heavy (non-hydrogen) atoms. The average molecular weight is 652 g/mol. The molecule has 0 aliphatic carbocycles. The number of esters is 1. The number of fused-ring (bicyclic) bond motifs is 5. The third-order valence-electron chi connectivity index (χ3n) is 9.61. The van der Waals surface area contributed by atoms with E-state index >= 15 is 0 Å². The molecule has 1 aromatic carbocycles. The number of hydroxylamine groups is 1. The van der Waals surface area contributed by atoms with Crippen LogP contribution in [-0.2, 0) is 34.5 Å². The Labute approximate surface area is 274 Å². The van der Waals surface area contributed by atoms with Crippen LogP contribution in [0.25, 0.3) is 22.3 Å². The smallest absolute Gasteiger partial charge is 0.415 e. The largest absolute Gasteiger partial charge is 0.460 e. The van der Waals surface area contributed by atoms with Crippen molar-refractivity contribution in [3.8, 4) is 17.1 Å². The predicted octanol–water partition coefficient (Wildman–Crippen LogP) is 3.11. The first-order valence-corrected chi connectivity index (χ1v) is 15.7. The van der Waals surface area contributed by atoms with Crippen molar-refractivity contribution in [1.29, 1.82) is 0 Å². The van der Waals surface area contributed by atoms with Crippen LogP contribution in [0.3, 0.4) is 0 Å². The Balaban J connectivity index is 1.13. The van der Waals surface area contributed by atoms with Crippen LogP contribution >= 0.6 is 0 Å². The van der Waals surface area contributed by atoms with Gasteiger partial charge in [0.2, 0.25) is 5.95 Å². The highest BCUT2D eigenvalue weighted by Crippen LogP contribution is 2.42. The number of nitrogens with one attached hydrogen (secondary N) is 1. The fourth-order valence-corrected chi connectivity index (χ4v) is 6.90. The second-order valence-corrected chi connectivity index (χ2v) is 11.9. The van der Waals surface area contributed by atoms with Gasteiger partial charge >= 0.3 is 12.1 Å². The second-order valence-electron chi connectivity index (χ2n) is 11.9. The molecule has 2 N–H and O–H groups in total. The van der Waals surface area contributed by atoms with Crippen molar-refractivity contribution >= 4 is 34.8 Å². The lowest BCUT2D eigenvalue weighted by Gasteiger charge is -2.34. The van der Waals surface area contributed by atoms with E-state index in [4.69, 9.17) is 19.7 Å². The molecule has 0 radical (unpaired) electrons. The molecule has 0 saturated carbocycles. The Morgan fingerprint density at radius 2 is 1.85 bits per heavy atom. The summed E-state index contributed by atoms with van der Waals surface area (Å²) in [6.45, 7) is 9.76. The summed E-state index contributed by atoms with van der Waals surface area (Å²) >= 11 is 0. The average Bonchev–Trinajstić information content (AvgIpc) is 3.49. The highest BCUT2D eigenvalue weighted by atomic mass is 16.6. The molecule has 3 aliphatic heterocycles. The van der Waals surface area contributed by atoms with E-state index in [1.807, 2.05) is 36.9 Å². The third-order valence-corrected chi connectivity index (χ3v) is 9.61. The number of aryl methyl sites for hydroxylation is 1. The maximum Gasteiger partial charge on any atom is 0.415 e. The van der Waals surface area contributed by atoms with Crippen molar-refractivity contribution in [2.75, 3.05) is 31.1 Å². The van der Waals surface area contributed by atoms with E-state index in [2.05, 4.69) is 16.5 Å². The Bertz CT molecular complexity index is 2070. The molecule has 14 heteroatoms. The number of ether oxygens (including phenoxy) is 2. The Morgan fingerprint density at radius 3 is 2.52 bits per heavy atom. The van der Waals surface area contributed by atoms with Crippen molar-refractivity contribution < 1.29 is 29.1 Å². The molecule has 2 amide bonds. The molecule has 0 spiro atoms. The molecule has 3 aromatic heterocycles. The van der Waals surface area contributed by atoms with Gasteiger partial charge in [-0.05, 0) is 48.2 Å².